The van der Waals surface area contributed by atoms with E-state index in [9.17, 15) is 0 Å². The van der Waals surface area contributed by atoms with Gasteiger partial charge in [0.1, 0.15) is 6.63 Å². The molecule has 0 fully saturated rings. The van der Waals surface area contributed by atoms with Crippen LogP contribution < -0.4 is 15.9 Å². The summed E-state index contributed by atoms with van der Waals surface area (Å²) < 4.78 is 1.08. The molecule has 0 saturated heterocycles. The zero-order valence-electron chi connectivity index (χ0n) is 13.5. The van der Waals surface area contributed by atoms with Gasteiger partial charge in [-0.15, -0.1) is 0 Å². The van der Waals surface area contributed by atoms with Crippen LogP contribution in [0, 0.1) is 0 Å². The van der Waals surface area contributed by atoms with Crippen molar-refractivity contribution in [2.45, 2.75) is 0 Å². The molecule has 3 aromatic rings. The summed E-state index contributed by atoms with van der Waals surface area (Å²) in [5, 5.41) is 3.68. The number of halogens is 4. The predicted octanol–water partition coefficient (Wildman–Crippen LogP) is 7.84. The van der Waals surface area contributed by atoms with Crippen LogP contribution in [0.15, 0.2) is 91.0 Å². The summed E-state index contributed by atoms with van der Waals surface area (Å²) in [6, 6.07) is 31.6. The molecule has 134 valence electrons. The Morgan fingerprint density at radius 2 is 0.923 bits per heavy atom. The van der Waals surface area contributed by atoms with Crippen LogP contribution >= 0.6 is 74.2 Å². The first kappa shape index (κ1) is 21.1. The highest BCUT2D eigenvalue weighted by atomic mass is 127. The molecule has 3 rings (SSSR count). The Labute approximate surface area is 184 Å². The Bertz CT molecular complexity index is 788. The van der Waals surface area contributed by atoms with Crippen LogP contribution in [0.5, 0.6) is 0 Å². The van der Waals surface area contributed by atoms with E-state index in [1.165, 1.54) is 15.9 Å². The van der Waals surface area contributed by atoms with Crippen LogP contribution in [0.4, 0.5) is 0 Å². The Hall–Kier alpha value is 0.420. The van der Waals surface area contributed by atoms with Gasteiger partial charge in [-0.05, 0) is 44.8 Å². The Morgan fingerprint density at radius 3 is 1.15 bits per heavy atom. The third-order valence-electron chi connectivity index (χ3n) is 4.03. The molecule has 3 aromatic carbocycles. The first-order chi connectivity index (χ1) is 12.6. The second-order valence-corrected chi connectivity index (χ2v) is 19.8. The molecule has 0 bridgehead atoms. The van der Waals surface area contributed by atoms with Crippen molar-refractivity contribution in [2.24, 2.45) is 0 Å². The molecule has 1 atom stereocenters. The molecule has 1 unspecified atom stereocenters. The van der Waals surface area contributed by atoms with E-state index in [1.807, 2.05) is 18.2 Å². The van der Waals surface area contributed by atoms with Crippen LogP contribution in [0.3, 0.4) is 0 Å². The van der Waals surface area contributed by atoms with Gasteiger partial charge in [0.05, 0.1) is 4.92 Å². The largest absolute Gasteiger partial charge is 0.120 e. The fourth-order valence-corrected chi connectivity index (χ4v) is 23.8. The van der Waals surface area contributed by atoms with Gasteiger partial charge in [0, 0.05) is 4.78 Å². The molecule has 0 aromatic heterocycles. The van der Waals surface area contributed by atoms with E-state index in [0.717, 1.165) is 4.78 Å². The molecule has 0 nitrogen and oxygen atoms in total. The Kier molecular flexibility index (Phi) is 7.93. The molecular weight excluding hydrogens is 554 g/mol. The van der Waals surface area contributed by atoms with Gasteiger partial charge in [-0.25, -0.2) is 0 Å². The summed E-state index contributed by atoms with van der Waals surface area (Å²) in [7, 11) is 0. The highest BCUT2D eigenvalue weighted by Crippen LogP contribution is 2.74. The zero-order chi connectivity index (χ0) is 18.6. The van der Waals surface area contributed by atoms with Gasteiger partial charge in [0.25, 0.3) is 0 Å². The minimum atomic E-state index is -2.20. The van der Waals surface area contributed by atoms with Crippen LogP contribution in [0.2, 0.25) is 0 Å². The molecule has 0 aliphatic carbocycles. The minimum absolute atomic E-state index is 0.989. The van der Waals surface area contributed by atoms with Gasteiger partial charge >= 0.3 is 0 Å². The molecule has 0 spiro atoms. The summed E-state index contributed by atoms with van der Waals surface area (Å²) in [5.41, 5.74) is 0. The Morgan fingerprint density at radius 1 is 0.615 bits per heavy atom. The molecule has 26 heavy (non-hydrogen) atoms. The second kappa shape index (κ2) is 9.76. The quantitative estimate of drug-likeness (QED) is 0.217. The number of hydrogen-bond donors (Lipinski definition) is 0. The molecular formula is C19H15Cl3IP3. The van der Waals surface area contributed by atoms with Gasteiger partial charge in [-0.3, -0.25) is 0 Å². The van der Waals surface area contributed by atoms with Crippen molar-refractivity contribution in [2.75, 3.05) is 0 Å². The minimum Gasteiger partial charge on any atom is -0.0790 e. The summed E-state index contributed by atoms with van der Waals surface area (Å²) >= 11 is 22.3. The average molecular weight is 570 g/mol. The van der Waals surface area contributed by atoms with Crippen LogP contribution in [0.1, 0.15) is 0 Å². The molecule has 0 saturated carbocycles. The molecule has 0 heterocycles. The number of benzene rings is 3. The monoisotopic (exact) mass is 568 g/mol. The summed E-state index contributed by atoms with van der Waals surface area (Å²) in [6.07, 6.45) is 0. The maximum absolute atomic E-state index is 6.76. The standard InChI is InChI=1S/C19H15Cl3IP3/c20-24(21)19(25(22)23)26(16-10-4-1-5-11-16,17-12-6-2-7-13-17)18-14-8-3-9-15-18/h1-15H. The van der Waals surface area contributed by atoms with Crippen molar-refractivity contribution in [3.05, 3.63) is 91.0 Å². The number of hydrogen-bond acceptors (Lipinski definition) is 0. The molecule has 0 aliphatic rings. The van der Waals surface area contributed by atoms with Gasteiger partial charge < -0.3 is 0 Å². The van der Waals surface area contributed by atoms with Gasteiger partial charge in [-0.1, -0.05) is 125 Å². The van der Waals surface area contributed by atoms with Crippen LogP contribution in [-0.2, 0) is 0 Å². The van der Waals surface area contributed by atoms with Crippen LogP contribution in [0.25, 0.3) is 0 Å². The van der Waals surface area contributed by atoms with E-state index >= 15 is 0 Å². The SMILES string of the molecule is ClP(Cl)C(P(Cl)I)=P(c1ccccc1)(c1ccccc1)c1ccccc1. The fraction of sp³-hybridized carbons (Fsp3) is 0. The van der Waals surface area contributed by atoms with E-state index in [0.29, 0.717) is 0 Å². The van der Waals surface area contributed by atoms with Gasteiger partial charge in [-0.2, -0.15) is 0 Å². The van der Waals surface area contributed by atoms with E-state index < -0.39 is 18.4 Å². The number of rotatable bonds is 5. The van der Waals surface area contributed by atoms with Crippen molar-refractivity contribution in [1.82, 2.24) is 0 Å². The molecule has 7 heteroatoms. The Balaban J connectivity index is 2.59. The third kappa shape index (κ3) is 4.21. The van der Waals surface area contributed by atoms with E-state index in [-0.39, 0.29) is 0 Å². The van der Waals surface area contributed by atoms with Gasteiger partial charge in [0.2, 0.25) is 0 Å². The lowest BCUT2D eigenvalue weighted by Crippen LogP contribution is -2.28. The van der Waals surface area contributed by atoms with E-state index in [2.05, 4.69) is 94.8 Å². The first-order valence-electron chi connectivity index (χ1n) is 7.75. The van der Waals surface area contributed by atoms with Crippen molar-refractivity contribution >= 4 is 94.9 Å². The van der Waals surface area contributed by atoms with Crippen molar-refractivity contribution in [1.29, 1.82) is 0 Å². The lowest BCUT2D eigenvalue weighted by molar-refractivity contribution is 1.73. The third-order valence-corrected chi connectivity index (χ3v) is 20.0. The molecule has 0 N–H and O–H groups in total. The van der Waals surface area contributed by atoms with Crippen LogP contribution in [-0.4, -0.2) is 4.78 Å². The highest BCUT2D eigenvalue weighted by molar-refractivity contribution is 14.2. The normalized spacial score (nSPS) is 12.8. The predicted molar refractivity (Wildman–Crippen MR) is 136 cm³/mol. The summed E-state index contributed by atoms with van der Waals surface area (Å²) in [4.78, 5) is -0.989. The lowest BCUT2D eigenvalue weighted by atomic mass is 10.4. The molecule has 0 amide bonds. The molecule has 0 radical (unpaired) electrons. The van der Waals surface area contributed by atoms with Crippen molar-refractivity contribution in [3.63, 3.8) is 0 Å². The fourth-order valence-electron chi connectivity index (χ4n) is 3.03. The first-order valence-corrected chi connectivity index (χ1v) is 17.7. The lowest BCUT2D eigenvalue weighted by Gasteiger charge is -2.33. The molecule has 0 aliphatic heterocycles. The average Bonchev–Trinajstić information content (AvgIpc) is 2.67. The topological polar surface area (TPSA) is 0 Å². The summed E-state index contributed by atoms with van der Waals surface area (Å²) in [6.45, 7) is -3.57. The maximum Gasteiger partial charge on any atom is 0.120 e. The smallest absolute Gasteiger partial charge is 0.0790 e. The highest BCUT2D eigenvalue weighted by Gasteiger charge is 2.35. The second-order valence-electron chi connectivity index (χ2n) is 5.44. The maximum atomic E-state index is 6.76. The van der Waals surface area contributed by atoms with Gasteiger partial charge in [0.15, 0.2) is 0 Å². The summed E-state index contributed by atoms with van der Waals surface area (Å²) in [5.74, 6) is 0. The van der Waals surface area contributed by atoms with Crippen molar-refractivity contribution < 1.29 is 0 Å². The van der Waals surface area contributed by atoms with E-state index in [1.54, 1.807) is 0 Å². The zero-order valence-corrected chi connectivity index (χ0v) is 20.6. The van der Waals surface area contributed by atoms with E-state index in [4.69, 9.17) is 33.7 Å². The van der Waals surface area contributed by atoms with Crippen molar-refractivity contribution in [3.8, 4) is 0 Å².